The van der Waals surface area contributed by atoms with Crippen molar-refractivity contribution in [2.45, 2.75) is 19.9 Å². The molecule has 0 aliphatic rings. The molecule has 1 rings (SSSR count). The first kappa shape index (κ1) is 16.0. The number of carboxylic acids is 1. The lowest BCUT2D eigenvalue weighted by atomic mass is 10.1. The van der Waals surface area contributed by atoms with Gasteiger partial charge in [-0.3, -0.25) is 0 Å². The quantitative estimate of drug-likeness (QED) is 0.866. The van der Waals surface area contributed by atoms with E-state index < -0.39 is 5.97 Å². The average molecular weight is 280 g/mol. The number of nitrogens with one attached hydrogen (secondary N) is 1. The molecule has 0 fully saturated rings. The molecule has 1 aromatic rings. The lowest BCUT2D eigenvalue weighted by Gasteiger charge is -2.25. The molecule has 6 heteroatoms. The normalized spacial score (nSPS) is 11.8. The van der Waals surface area contributed by atoms with Gasteiger partial charge < -0.3 is 20.1 Å². The Labute approximate surface area is 118 Å². The summed E-state index contributed by atoms with van der Waals surface area (Å²) in [5.41, 5.74) is 1.10. The summed E-state index contributed by atoms with van der Waals surface area (Å²) in [6.07, 6.45) is 0. The zero-order valence-corrected chi connectivity index (χ0v) is 12.1. The van der Waals surface area contributed by atoms with Crippen LogP contribution in [0.25, 0.3) is 0 Å². The number of likely N-dealkylation sites (N-methyl/N-ethyl adjacent to an activating group) is 1. The molecule has 0 saturated carbocycles. The van der Waals surface area contributed by atoms with Gasteiger partial charge in [-0.15, -0.1) is 0 Å². The minimum atomic E-state index is -1.07. The van der Waals surface area contributed by atoms with Crippen LogP contribution in [0.1, 0.15) is 22.8 Å². The van der Waals surface area contributed by atoms with Crippen molar-refractivity contribution < 1.29 is 19.4 Å². The van der Waals surface area contributed by atoms with E-state index in [4.69, 9.17) is 9.84 Å². The molecule has 2 amide bonds. The van der Waals surface area contributed by atoms with Gasteiger partial charge in [0.25, 0.3) is 0 Å². The molecule has 0 heterocycles. The average Bonchev–Trinajstić information content (AvgIpc) is 2.39. The molecule has 1 atom stereocenters. The van der Waals surface area contributed by atoms with Crippen molar-refractivity contribution >= 4 is 17.7 Å². The molecule has 1 aromatic carbocycles. The fourth-order valence-electron chi connectivity index (χ4n) is 1.76. The zero-order valence-electron chi connectivity index (χ0n) is 12.1. The van der Waals surface area contributed by atoms with Crippen LogP contribution in [0.5, 0.6) is 0 Å². The number of ether oxygens (including phenoxy) is 1. The van der Waals surface area contributed by atoms with Crippen molar-refractivity contribution in [3.8, 4) is 0 Å². The van der Waals surface area contributed by atoms with Gasteiger partial charge in [-0.05, 0) is 25.5 Å². The Morgan fingerprint density at radius 2 is 2.10 bits per heavy atom. The minimum absolute atomic E-state index is 0.0751. The predicted octanol–water partition coefficient (Wildman–Crippen LogP) is 2.19. The van der Waals surface area contributed by atoms with Gasteiger partial charge in [0.15, 0.2) is 0 Å². The second-order valence-electron chi connectivity index (χ2n) is 4.65. The standard InChI is InChI=1S/C14H20N2O4/c1-9-6-5-7-11(13(17)18)12(9)15-14(19)16(3)10(2)8-20-4/h5-7,10H,8H2,1-4H3,(H,15,19)(H,17,18). The summed E-state index contributed by atoms with van der Waals surface area (Å²) in [6, 6.07) is 4.37. The summed E-state index contributed by atoms with van der Waals surface area (Å²) in [6.45, 7) is 4.00. The molecule has 20 heavy (non-hydrogen) atoms. The highest BCUT2D eigenvalue weighted by Gasteiger charge is 2.19. The number of carbonyl (C=O) groups is 2. The molecule has 0 aliphatic heterocycles. The highest BCUT2D eigenvalue weighted by atomic mass is 16.5. The van der Waals surface area contributed by atoms with Crippen LogP contribution in [0.4, 0.5) is 10.5 Å². The number of urea groups is 1. The van der Waals surface area contributed by atoms with Gasteiger partial charge >= 0.3 is 12.0 Å². The van der Waals surface area contributed by atoms with E-state index in [9.17, 15) is 9.59 Å². The number of nitrogens with zero attached hydrogens (tertiary/aromatic N) is 1. The Morgan fingerprint density at radius 3 is 2.65 bits per heavy atom. The van der Waals surface area contributed by atoms with Gasteiger partial charge in [-0.2, -0.15) is 0 Å². The fourth-order valence-corrected chi connectivity index (χ4v) is 1.76. The van der Waals surface area contributed by atoms with Crippen molar-refractivity contribution in [2.75, 3.05) is 26.1 Å². The summed E-state index contributed by atoms with van der Waals surface area (Å²) in [5, 5.41) is 11.8. The maximum atomic E-state index is 12.1. The maximum Gasteiger partial charge on any atom is 0.337 e. The molecule has 0 bridgehead atoms. The third-order valence-corrected chi connectivity index (χ3v) is 3.12. The first-order valence-corrected chi connectivity index (χ1v) is 6.24. The Kier molecular flexibility index (Phi) is 5.52. The maximum absolute atomic E-state index is 12.1. The van der Waals surface area contributed by atoms with E-state index in [1.165, 1.54) is 11.0 Å². The summed E-state index contributed by atoms with van der Waals surface area (Å²) in [4.78, 5) is 24.8. The van der Waals surface area contributed by atoms with Gasteiger partial charge in [0, 0.05) is 14.2 Å². The topological polar surface area (TPSA) is 78.9 Å². The van der Waals surface area contributed by atoms with Crippen molar-refractivity contribution in [1.82, 2.24) is 4.90 Å². The van der Waals surface area contributed by atoms with E-state index in [1.807, 2.05) is 6.92 Å². The Hall–Kier alpha value is -2.08. The molecule has 110 valence electrons. The second kappa shape index (κ2) is 6.91. The van der Waals surface area contributed by atoms with Crippen LogP contribution in [0, 0.1) is 6.92 Å². The van der Waals surface area contributed by atoms with Gasteiger partial charge in [0.1, 0.15) is 0 Å². The van der Waals surface area contributed by atoms with E-state index in [0.29, 0.717) is 17.9 Å². The van der Waals surface area contributed by atoms with Gasteiger partial charge in [-0.1, -0.05) is 12.1 Å². The second-order valence-corrected chi connectivity index (χ2v) is 4.65. The van der Waals surface area contributed by atoms with Crippen molar-refractivity contribution in [3.63, 3.8) is 0 Å². The smallest absolute Gasteiger partial charge is 0.337 e. The molecular formula is C14H20N2O4. The number of carboxylic acid groups (broad SMARTS) is 1. The van der Waals surface area contributed by atoms with Gasteiger partial charge in [0.05, 0.1) is 23.9 Å². The van der Waals surface area contributed by atoms with E-state index >= 15 is 0 Å². The van der Waals surface area contributed by atoms with Crippen LogP contribution >= 0.6 is 0 Å². The van der Waals surface area contributed by atoms with Crippen molar-refractivity contribution in [1.29, 1.82) is 0 Å². The number of aromatic carboxylic acids is 1. The number of amides is 2. The number of hydrogen-bond donors (Lipinski definition) is 2. The number of benzene rings is 1. The van der Waals surface area contributed by atoms with Crippen LogP contribution in [0.3, 0.4) is 0 Å². The lowest BCUT2D eigenvalue weighted by Crippen LogP contribution is -2.40. The number of para-hydroxylation sites is 1. The number of hydrogen-bond acceptors (Lipinski definition) is 3. The molecule has 0 aliphatic carbocycles. The molecule has 0 saturated heterocycles. The molecule has 0 radical (unpaired) electrons. The summed E-state index contributed by atoms with van der Waals surface area (Å²) >= 11 is 0. The van der Waals surface area contributed by atoms with Crippen LogP contribution in [0.2, 0.25) is 0 Å². The van der Waals surface area contributed by atoms with E-state index in [0.717, 1.165) is 0 Å². The molecule has 1 unspecified atom stereocenters. The lowest BCUT2D eigenvalue weighted by molar-refractivity contribution is 0.0698. The first-order valence-electron chi connectivity index (χ1n) is 6.24. The Bertz CT molecular complexity index is 502. The summed E-state index contributed by atoms with van der Waals surface area (Å²) < 4.78 is 5.00. The van der Waals surface area contributed by atoms with Crippen LogP contribution in [-0.4, -0.2) is 48.8 Å². The number of carbonyl (C=O) groups excluding carboxylic acids is 1. The van der Waals surface area contributed by atoms with Crippen molar-refractivity contribution in [3.05, 3.63) is 29.3 Å². The SMILES string of the molecule is COCC(C)N(C)C(=O)Nc1c(C)cccc1C(=O)O. The van der Waals surface area contributed by atoms with Crippen molar-refractivity contribution in [2.24, 2.45) is 0 Å². The predicted molar refractivity (Wildman–Crippen MR) is 76.3 cm³/mol. The van der Waals surface area contributed by atoms with E-state index in [-0.39, 0.29) is 17.6 Å². The third kappa shape index (κ3) is 3.71. The summed E-state index contributed by atoms with van der Waals surface area (Å²) in [5.74, 6) is -1.07. The molecule has 0 aromatic heterocycles. The largest absolute Gasteiger partial charge is 0.478 e. The highest BCUT2D eigenvalue weighted by molar-refractivity contribution is 6.01. The zero-order chi connectivity index (χ0) is 15.3. The molecular weight excluding hydrogens is 260 g/mol. The summed E-state index contributed by atoms with van der Waals surface area (Å²) in [7, 11) is 3.20. The monoisotopic (exact) mass is 280 g/mol. The minimum Gasteiger partial charge on any atom is -0.478 e. The highest BCUT2D eigenvalue weighted by Crippen LogP contribution is 2.21. The molecule has 6 nitrogen and oxygen atoms in total. The Morgan fingerprint density at radius 1 is 1.45 bits per heavy atom. The number of anilines is 1. The number of aryl methyl sites for hydroxylation is 1. The first-order chi connectivity index (χ1) is 9.38. The number of methoxy groups -OCH3 is 1. The molecule has 0 spiro atoms. The van der Waals surface area contributed by atoms with Crippen LogP contribution < -0.4 is 5.32 Å². The fraction of sp³-hybridized carbons (Fsp3) is 0.429. The van der Waals surface area contributed by atoms with E-state index in [2.05, 4.69) is 5.32 Å². The third-order valence-electron chi connectivity index (χ3n) is 3.12. The van der Waals surface area contributed by atoms with Gasteiger partial charge in [-0.25, -0.2) is 9.59 Å². The Balaban J connectivity index is 2.93. The van der Waals surface area contributed by atoms with Crippen LogP contribution in [0.15, 0.2) is 18.2 Å². The molecule has 2 N–H and O–H groups in total. The number of rotatable bonds is 5. The van der Waals surface area contributed by atoms with E-state index in [1.54, 1.807) is 33.2 Å². The van der Waals surface area contributed by atoms with Crippen LogP contribution in [-0.2, 0) is 4.74 Å². The van der Waals surface area contributed by atoms with Gasteiger partial charge in [0.2, 0.25) is 0 Å².